The average molecular weight is 867 g/mol. The van der Waals surface area contributed by atoms with Crippen LogP contribution in [0.25, 0.3) is 120 Å². The molecule has 0 spiro atoms. The minimum absolute atomic E-state index is 0.0311. The van der Waals surface area contributed by atoms with Crippen molar-refractivity contribution in [2.45, 2.75) is 157 Å². The molecule has 2 aliphatic heterocycles. The molecule has 12 rings (SSSR count). The molecule has 66 heavy (non-hydrogen) atoms. The summed E-state index contributed by atoms with van der Waals surface area (Å²) >= 11 is 0. The van der Waals surface area contributed by atoms with Crippen LogP contribution in [0, 0.1) is 0 Å². The molecule has 334 valence electrons. The van der Waals surface area contributed by atoms with Gasteiger partial charge < -0.3 is 8.83 Å². The van der Waals surface area contributed by atoms with E-state index in [1.807, 2.05) is 0 Å². The molecule has 0 aromatic heterocycles. The highest BCUT2D eigenvalue weighted by molar-refractivity contribution is 6.43. The summed E-state index contributed by atoms with van der Waals surface area (Å²) < 4.78 is 15.4. The maximum atomic E-state index is 7.71. The Morgan fingerprint density at radius 1 is 0.258 bits per heavy atom. The molecule has 2 heteroatoms. The Kier molecular flexibility index (Phi) is 7.78. The Morgan fingerprint density at radius 3 is 0.773 bits per heavy atom. The molecule has 2 aliphatic rings. The van der Waals surface area contributed by atoms with Crippen LogP contribution in [0.15, 0.2) is 81.6 Å². The van der Waals surface area contributed by atoms with E-state index in [9.17, 15) is 0 Å². The van der Waals surface area contributed by atoms with Crippen LogP contribution in [-0.2, 0) is 32.5 Å². The van der Waals surface area contributed by atoms with Gasteiger partial charge in [0.2, 0.25) is 0 Å². The predicted octanol–water partition coefficient (Wildman–Crippen LogP) is 19.6. The summed E-state index contributed by atoms with van der Waals surface area (Å²) in [6.07, 6.45) is 0. The summed E-state index contributed by atoms with van der Waals surface area (Å²) in [7, 11) is 0. The first-order chi connectivity index (χ1) is 30.5. The Bertz CT molecular complexity index is 3730. The van der Waals surface area contributed by atoms with Crippen LogP contribution in [-0.4, -0.2) is 0 Å². The maximum absolute atomic E-state index is 7.71. The number of hydrogen-bond donors (Lipinski definition) is 0. The van der Waals surface area contributed by atoms with Crippen molar-refractivity contribution < 1.29 is 8.83 Å². The molecule has 0 saturated heterocycles. The van der Waals surface area contributed by atoms with Gasteiger partial charge in [-0.15, -0.1) is 0 Å². The Hall–Kier alpha value is -5.60. The van der Waals surface area contributed by atoms with Crippen LogP contribution in [0.5, 0.6) is 0 Å². The molecule has 0 atom stereocenters. The number of rotatable bonds is 0. The number of hydrogen-bond acceptors (Lipinski definition) is 2. The zero-order valence-corrected chi connectivity index (χ0v) is 42.7. The fraction of sp³-hybridized carbons (Fsp3) is 0.375. The topological polar surface area (TPSA) is 26.3 Å². The van der Waals surface area contributed by atoms with Crippen LogP contribution in [0.1, 0.15) is 158 Å². The lowest BCUT2D eigenvalue weighted by Gasteiger charge is -2.31. The molecule has 2 nitrogen and oxygen atoms in total. The van der Waals surface area contributed by atoms with Crippen molar-refractivity contribution >= 4 is 109 Å². The van der Waals surface area contributed by atoms with Gasteiger partial charge in [0.25, 0.3) is 0 Å². The van der Waals surface area contributed by atoms with Gasteiger partial charge in [-0.05, 0) is 168 Å². The first-order valence-corrected chi connectivity index (χ1v) is 24.5. The summed E-state index contributed by atoms with van der Waals surface area (Å²) in [6.45, 7) is 42.2. The van der Waals surface area contributed by atoms with Crippen LogP contribution in [0.4, 0.5) is 0 Å². The fourth-order valence-electron chi connectivity index (χ4n) is 11.8. The largest absolute Gasteiger partial charge is 0.456 e. The van der Waals surface area contributed by atoms with Crippen molar-refractivity contribution in [3.63, 3.8) is 0 Å². The summed E-state index contributed by atoms with van der Waals surface area (Å²) in [5.74, 6) is 0. The lowest BCUT2D eigenvalue weighted by Crippen LogP contribution is -2.15. The molecule has 0 aliphatic carbocycles. The van der Waals surface area contributed by atoms with E-state index in [4.69, 9.17) is 8.83 Å². The second-order valence-electron chi connectivity index (χ2n) is 26.7. The van der Waals surface area contributed by atoms with E-state index in [-0.39, 0.29) is 32.5 Å². The third-order valence-electron chi connectivity index (χ3n) is 15.7. The molecule has 0 bridgehead atoms. The summed E-state index contributed by atoms with van der Waals surface area (Å²) in [6, 6.07) is 29.7. The molecule has 0 radical (unpaired) electrons. The smallest absolute Gasteiger partial charge is 0.139 e. The van der Waals surface area contributed by atoms with E-state index in [1.165, 1.54) is 131 Å². The number of fused-ring (bicyclic) bond motifs is 4. The molecule has 0 N–H and O–H groups in total. The van der Waals surface area contributed by atoms with Gasteiger partial charge in [0.05, 0.1) is 0 Å². The van der Waals surface area contributed by atoms with Crippen LogP contribution in [0.2, 0.25) is 0 Å². The second-order valence-corrected chi connectivity index (χ2v) is 26.7. The lowest BCUT2D eigenvalue weighted by molar-refractivity contribution is 0.567. The Morgan fingerprint density at radius 2 is 0.515 bits per heavy atom. The molecular formula is C64H66O2. The van der Waals surface area contributed by atoms with E-state index in [2.05, 4.69) is 197 Å². The van der Waals surface area contributed by atoms with E-state index in [0.29, 0.717) is 0 Å². The van der Waals surface area contributed by atoms with Gasteiger partial charge in [0.15, 0.2) is 0 Å². The van der Waals surface area contributed by atoms with Gasteiger partial charge in [-0.25, -0.2) is 0 Å². The van der Waals surface area contributed by atoms with Crippen molar-refractivity contribution in [1.82, 2.24) is 0 Å². The summed E-state index contributed by atoms with van der Waals surface area (Å²) in [5.41, 5.74) is 13.4. The molecular weight excluding hydrogens is 801 g/mol. The van der Waals surface area contributed by atoms with Gasteiger partial charge in [0, 0.05) is 43.8 Å². The molecule has 0 unspecified atom stereocenters. The highest BCUT2D eigenvalue weighted by Gasteiger charge is 2.36. The third-order valence-corrected chi connectivity index (χ3v) is 15.7. The summed E-state index contributed by atoms with van der Waals surface area (Å²) in [4.78, 5) is 0. The van der Waals surface area contributed by atoms with Crippen molar-refractivity contribution in [2.24, 2.45) is 0 Å². The monoisotopic (exact) mass is 867 g/mol. The minimum Gasteiger partial charge on any atom is -0.456 e. The number of benzene rings is 10. The van der Waals surface area contributed by atoms with Crippen LogP contribution in [0.3, 0.4) is 0 Å². The zero-order valence-electron chi connectivity index (χ0n) is 42.7. The van der Waals surface area contributed by atoms with Gasteiger partial charge in [-0.3, -0.25) is 0 Å². The van der Waals surface area contributed by atoms with Crippen LogP contribution < -0.4 is 0 Å². The standard InChI is InChI=1S/C64H66O2/c1-59(2,3)33-19-31-21-35(61(7,8)9)25-39-43-29-47-53-54-48(65-57-45(63(13,14)15)27-41(51(43)55(53)57)37(23-33)49(31)39)30-44-40-26-36(62(10,11)12)22-32-20-34(60(4,5)6)24-38(50(32)40)42-28-46(64(16,17)18)58(66-47)56(54)52(42)44/h19-30H,1-18H3. The van der Waals surface area contributed by atoms with E-state index in [0.717, 1.165) is 22.3 Å². The molecule has 0 saturated carbocycles. The van der Waals surface area contributed by atoms with E-state index in [1.54, 1.807) is 0 Å². The first-order valence-electron chi connectivity index (χ1n) is 24.5. The molecule has 10 aromatic carbocycles. The normalized spacial score (nSPS) is 14.5. The van der Waals surface area contributed by atoms with Crippen molar-refractivity contribution in [3.8, 4) is 11.1 Å². The minimum atomic E-state index is -0.215. The van der Waals surface area contributed by atoms with E-state index >= 15 is 0 Å². The molecule has 0 amide bonds. The zero-order chi connectivity index (χ0) is 47.1. The molecule has 0 fully saturated rings. The third kappa shape index (κ3) is 5.54. The second kappa shape index (κ2) is 12.3. The highest BCUT2D eigenvalue weighted by atomic mass is 16.3. The summed E-state index contributed by atoms with van der Waals surface area (Å²) in [5, 5.41) is 20.5. The quantitative estimate of drug-likeness (QED) is 0.112. The fourth-order valence-corrected chi connectivity index (χ4v) is 11.8. The Balaban J connectivity index is 1.40. The van der Waals surface area contributed by atoms with Gasteiger partial charge in [0.1, 0.15) is 22.3 Å². The van der Waals surface area contributed by atoms with Gasteiger partial charge >= 0.3 is 0 Å². The predicted molar refractivity (Wildman–Crippen MR) is 288 cm³/mol. The lowest BCUT2D eigenvalue weighted by atomic mass is 9.75. The van der Waals surface area contributed by atoms with Crippen molar-refractivity contribution in [2.75, 3.05) is 0 Å². The SMILES string of the molecule is CC(C)(C)c1cc2cc(C(C)(C)C)cc3c4cc5oc6c(C(C)(C)C)cc7c8cc(C(C)(C)C)cc9cc(C(C)(C)C)cc(c%10cc%11oc%12c(C(C)(C)C)cc(c(c1)c23)c4c%12c5-c%11c6c7%10)c98. The van der Waals surface area contributed by atoms with Crippen molar-refractivity contribution in [3.05, 3.63) is 106 Å². The molecule has 2 heterocycles. The Labute approximate surface area is 390 Å². The molecule has 10 aromatic rings. The van der Waals surface area contributed by atoms with Crippen LogP contribution >= 0.6 is 0 Å². The van der Waals surface area contributed by atoms with E-state index < -0.39 is 0 Å². The maximum Gasteiger partial charge on any atom is 0.139 e. The van der Waals surface area contributed by atoms with Gasteiger partial charge in [-0.2, -0.15) is 0 Å². The average Bonchev–Trinajstić information content (AvgIpc) is 3.19. The highest BCUT2D eigenvalue weighted by Crippen LogP contribution is 2.58. The first kappa shape index (κ1) is 41.8. The van der Waals surface area contributed by atoms with Gasteiger partial charge in [-0.1, -0.05) is 149 Å². The van der Waals surface area contributed by atoms with Crippen molar-refractivity contribution in [1.29, 1.82) is 0 Å².